The molecule has 2 aromatic carbocycles. The monoisotopic (exact) mass is 465 g/mol. The standard InChI is InChI=1S/C25H24FN3O5/c26-13-6-7-16-15(11-13)25(24(34)27-16)21-20(22(32)29(23(21)33)14-3-1-2-4-14)17(28-25)9-12-5-8-18(30)19(31)10-12/h5-8,10-11,14,17,20-21,28,30-31H,1-4,9H2,(H,27,34)/t17?,20-,21+,25?/m1/s1. The Morgan fingerprint density at radius 1 is 1.00 bits per heavy atom. The van der Waals surface area contributed by atoms with Crippen molar-refractivity contribution in [2.45, 2.75) is 49.7 Å². The Hall–Kier alpha value is -3.46. The number of amides is 3. The second-order valence-electron chi connectivity index (χ2n) is 9.72. The number of hydrogen-bond donors (Lipinski definition) is 4. The molecule has 8 nitrogen and oxygen atoms in total. The third kappa shape index (κ3) is 2.76. The third-order valence-corrected chi connectivity index (χ3v) is 7.90. The maximum atomic E-state index is 14.3. The van der Waals surface area contributed by atoms with Gasteiger partial charge in [0.2, 0.25) is 17.7 Å². The average Bonchev–Trinajstić information content (AvgIpc) is 3.54. The van der Waals surface area contributed by atoms with Gasteiger partial charge in [-0.05, 0) is 55.2 Å². The third-order valence-electron chi connectivity index (χ3n) is 7.90. The Morgan fingerprint density at radius 3 is 2.50 bits per heavy atom. The van der Waals surface area contributed by atoms with E-state index in [4.69, 9.17) is 0 Å². The predicted molar refractivity (Wildman–Crippen MR) is 118 cm³/mol. The number of nitrogens with one attached hydrogen (secondary N) is 2. The highest BCUT2D eigenvalue weighted by atomic mass is 19.1. The molecule has 3 amide bonds. The van der Waals surface area contributed by atoms with Gasteiger partial charge in [-0.3, -0.25) is 24.6 Å². The summed E-state index contributed by atoms with van der Waals surface area (Å²) in [6.07, 6.45) is 3.58. The van der Waals surface area contributed by atoms with Crippen LogP contribution in [0.15, 0.2) is 36.4 Å². The van der Waals surface area contributed by atoms with E-state index in [1.807, 2.05) is 0 Å². The van der Waals surface area contributed by atoms with Crippen molar-refractivity contribution in [2.24, 2.45) is 11.8 Å². The number of fused-ring (bicyclic) bond motifs is 4. The number of phenolic OH excluding ortho intramolecular Hbond substituents is 2. The summed E-state index contributed by atoms with van der Waals surface area (Å²) in [4.78, 5) is 42.3. The van der Waals surface area contributed by atoms with Crippen LogP contribution in [0.1, 0.15) is 36.8 Å². The molecule has 1 saturated carbocycles. The van der Waals surface area contributed by atoms with Crippen molar-refractivity contribution in [1.82, 2.24) is 10.2 Å². The summed E-state index contributed by atoms with van der Waals surface area (Å²) in [5.74, 6) is -4.10. The largest absolute Gasteiger partial charge is 0.504 e. The summed E-state index contributed by atoms with van der Waals surface area (Å²) in [5.41, 5.74) is -0.189. The molecule has 176 valence electrons. The van der Waals surface area contributed by atoms with Gasteiger partial charge in [-0.15, -0.1) is 0 Å². The van der Waals surface area contributed by atoms with Gasteiger partial charge < -0.3 is 15.5 Å². The summed E-state index contributed by atoms with van der Waals surface area (Å²) < 4.78 is 14.3. The fourth-order valence-electron chi connectivity index (χ4n) is 6.44. The molecule has 0 bridgehead atoms. The van der Waals surface area contributed by atoms with Gasteiger partial charge in [-0.1, -0.05) is 18.9 Å². The minimum atomic E-state index is -1.56. The zero-order valence-electron chi connectivity index (χ0n) is 18.3. The van der Waals surface area contributed by atoms with E-state index in [9.17, 15) is 29.0 Å². The molecule has 4 atom stereocenters. The first-order valence-electron chi connectivity index (χ1n) is 11.6. The van der Waals surface area contributed by atoms with Crippen LogP contribution in [0, 0.1) is 17.7 Å². The summed E-state index contributed by atoms with van der Waals surface area (Å²) in [5, 5.41) is 25.6. The second kappa shape index (κ2) is 7.27. The molecule has 3 aliphatic heterocycles. The van der Waals surface area contributed by atoms with Crippen molar-refractivity contribution >= 4 is 23.4 Å². The van der Waals surface area contributed by atoms with E-state index in [1.165, 1.54) is 35.2 Å². The van der Waals surface area contributed by atoms with Crippen LogP contribution < -0.4 is 10.6 Å². The molecule has 4 N–H and O–H groups in total. The van der Waals surface area contributed by atoms with Crippen molar-refractivity contribution in [2.75, 3.05) is 5.32 Å². The number of likely N-dealkylation sites (tertiary alicyclic amines) is 1. The Labute approximate surface area is 194 Å². The zero-order valence-corrected chi connectivity index (χ0v) is 18.3. The van der Waals surface area contributed by atoms with Crippen molar-refractivity contribution in [3.63, 3.8) is 0 Å². The number of carbonyl (C=O) groups excluding carboxylic acids is 3. The van der Waals surface area contributed by atoms with Crippen LogP contribution in [0.4, 0.5) is 10.1 Å². The lowest BCUT2D eigenvalue weighted by atomic mass is 9.76. The van der Waals surface area contributed by atoms with E-state index < -0.39 is 41.0 Å². The topological polar surface area (TPSA) is 119 Å². The minimum absolute atomic E-state index is 0.183. The lowest BCUT2D eigenvalue weighted by Gasteiger charge is -2.31. The molecule has 1 aliphatic carbocycles. The number of rotatable bonds is 3. The highest BCUT2D eigenvalue weighted by Gasteiger charge is 2.71. The number of nitrogens with zero attached hydrogens (tertiary/aromatic N) is 1. The second-order valence-corrected chi connectivity index (χ2v) is 9.72. The van der Waals surface area contributed by atoms with Gasteiger partial charge in [-0.2, -0.15) is 0 Å². The maximum Gasteiger partial charge on any atom is 0.250 e. The number of phenols is 2. The first kappa shape index (κ1) is 21.1. The first-order valence-corrected chi connectivity index (χ1v) is 11.6. The molecule has 9 heteroatoms. The quantitative estimate of drug-likeness (QED) is 0.408. The molecule has 0 aromatic heterocycles. The Balaban J connectivity index is 1.47. The van der Waals surface area contributed by atoms with E-state index in [1.54, 1.807) is 6.07 Å². The predicted octanol–water partition coefficient (Wildman–Crippen LogP) is 2.14. The molecule has 2 saturated heterocycles. The highest BCUT2D eigenvalue weighted by molar-refractivity contribution is 6.15. The molecule has 34 heavy (non-hydrogen) atoms. The van der Waals surface area contributed by atoms with Gasteiger partial charge in [0.1, 0.15) is 11.4 Å². The summed E-state index contributed by atoms with van der Waals surface area (Å²) in [6, 6.07) is 7.54. The maximum absolute atomic E-state index is 14.3. The number of imide groups is 1. The molecule has 1 spiro atoms. The van der Waals surface area contributed by atoms with Gasteiger partial charge in [0, 0.05) is 23.3 Å². The summed E-state index contributed by atoms with van der Waals surface area (Å²) in [6.45, 7) is 0. The Morgan fingerprint density at radius 2 is 1.76 bits per heavy atom. The molecule has 2 unspecified atom stereocenters. The lowest BCUT2D eigenvalue weighted by molar-refractivity contribution is -0.145. The Bertz CT molecular complexity index is 1240. The highest BCUT2D eigenvalue weighted by Crippen LogP contribution is 2.54. The van der Waals surface area contributed by atoms with E-state index >= 15 is 0 Å². The van der Waals surface area contributed by atoms with Gasteiger partial charge in [0.15, 0.2) is 11.5 Å². The van der Waals surface area contributed by atoms with E-state index in [-0.39, 0.29) is 29.9 Å². The number of anilines is 1. The summed E-state index contributed by atoms with van der Waals surface area (Å²) in [7, 11) is 0. The van der Waals surface area contributed by atoms with Crippen LogP contribution in [0.3, 0.4) is 0 Å². The van der Waals surface area contributed by atoms with E-state index in [2.05, 4.69) is 10.6 Å². The summed E-state index contributed by atoms with van der Waals surface area (Å²) >= 11 is 0. The number of carbonyl (C=O) groups is 3. The van der Waals surface area contributed by atoms with Gasteiger partial charge >= 0.3 is 0 Å². The van der Waals surface area contributed by atoms with Crippen molar-refractivity contribution in [1.29, 1.82) is 0 Å². The number of halogens is 1. The van der Waals surface area contributed by atoms with Gasteiger partial charge in [0.25, 0.3) is 0 Å². The molecule has 6 rings (SSSR count). The van der Waals surface area contributed by atoms with Crippen LogP contribution in [0.5, 0.6) is 11.5 Å². The molecular weight excluding hydrogens is 441 g/mol. The van der Waals surface area contributed by atoms with Crippen molar-refractivity contribution < 1.29 is 29.0 Å². The minimum Gasteiger partial charge on any atom is -0.504 e. The van der Waals surface area contributed by atoms with Crippen LogP contribution in [-0.4, -0.2) is 44.9 Å². The normalized spacial score (nSPS) is 30.3. The lowest BCUT2D eigenvalue weighted by Crippen LogP contribution is -2.54. The van der Waals surface area contributed by atoms with Gasteiger partial charge in [-0.25, -0.2) is 4.39 Å². The molecule has 4 aliphatic rings. The average molecular weight is 465 g/mol. The SMILES string of the molecule is O=C1[C@@H]2C(Cc3ccc(O)c(O)c3)NC3(C(=O)Nc4ccc(F)cc43)[C@@H]2C(=O)N1C1CCCC1. The fraction of sp³-hybridized carbons (Fsp3) is 0.400. The molecule has 2 aromatic rings. The van der Waals surface area contributed by atoms with Crippen LogP contribution in [-0.2, 0) is 26.3 Å². The fourth-order valence-corrected chi connectivity index (χ4v) is 6.44. The first-order chi connectivity index (χ1) is 16.3. The molecule has 3 heterocycles. The molecular formula is C25H24FN3O5. The van der Waals surface area contributed by atoms with Crippen LogP contribution in [0.2, 0.25) is 0 Å². The van der Waals surface area contributed by atoms with Crippen molar-refractivity contribution in [3.8, 4) is 11.5 Å². The van der Waals surface area contributed by atoms with Gasteiger partial charge in [0.05, 0.1) is 11.8 Å². The molecule has 0 radical (unpaired) electrons. The number of aromatic hydroxyl groups is 2. The number of hydrogen-bond acceptors (Lipinski definition) is 6. The van der Waals surface area contributed by atoms with E-state index in [0.29, 0.717) is 16.8 Å². The molecule has 3 fully saturated rings. The Kier molecular flexibility index (Phi) is 4.51. The van der Waals surface area contributed by atoms with Crippen LogP contribution in [0.25, 0.3) is 0 Å². The smallest absolute Gasteiger partial charge is 0.250 e. The zero-order chi connectivity index (χ0) is 23.8. The number of benzene rings is 2. The van der Waals surface area contributed by atoms with Crippen molar-refractivity contribution in [3.05, 3.63) is 53.3 Å². The van der Waals surface area contributed by atoms with Crippen LogP contribution >= 0.6 is 0 Å². The van der Waals surface area contributed by atoms with E-state index in [0.717, 1.165) is 25.7 Å².